The van der Waals surface area contributed by atoms with Crippen LogP contribution in [0.15, 0.2) is 103 Å². The van der Waals surface area contributed by atoms with Crippen LogP contribution in [-0.4, -0.2) is 67.3 Å². The molecule has 1 aliphatic carbocycles. The van der Waals surface area contributed by atoms with E-state index in [1.54, 1.807) is 0 Å². The molecule has 0 aromatic heterocycles. The number of carbonyl (C=O) groups is 2. The number of aromatic hydroxyl groups is 2. The summed E-state index contributed by atoms with van der Waals surface area (Å²) in [6.45, 7) is 27.2. The van der Waals surface area contributed by atoms with Gasteiger partial charge in [-0.25, -0.2) is 0 Å². The molecule has 0 atom stereocenters. The summed E-state index contributed by atoms with van der Waals surface area (Å²) in [5.41, 5.74) is 10.3. The van der Waals surface area contributed by atoms with E-state index in [4.69, 9.17) is 9.47 Å². The highest BCUT2D eigenvalue weighted by atomic mass is 16.5. The Balaban J connectivity index is 1.18. The standard InChI is InChI=1S/C69H81N3O6/c1-66(2,3)53-30-45-26-49-34-55(68(7,8)9)35-50(64(49)77-39-58(73)70-24-25-72(13)14)27-46-31-54(67(4,5)6)33-48(63(46)76)29-52-37-56(69(10,11)12)36-51(28-47(32-53)62(45)75)65(52)78-40-59(74)71-38-44-21-20-43-19-18-41-16-15-17-42-22-23-57(44)61(43)60(41)42/h15-23,30-37,75-76H,24-29,38-40H2,1-14H3,(H,70,73)(H,71,74). The first kappa shape index (κ1) is 55.6. The van der Waals surface area contributed by atoms with Gasteiger partial charge in [0.1, 0.15) is 23.0 Å². The lowest BCUT2D eigenvalue weighted by Crippen LogP contribution is -2.34. The van der Waals surface area contributed by atoms with E-state index >= 15 is 0 Å². The van der Waals surface area contributed by atoms with Crippen molar-refractivity contribution in [2.45, 2.75) is 137 Å². The number of rotatable bonds is 11. The Hall–Kier alpha value is -7.10. The predicted molar refractivity (Wildman–Crippen MR) is 320 cm³/mol. The van der Waals surface area contributed by atoms with Crippen molar-refractivity contribution in [3.8, 4) is 23.0 Å². The molecule has 0 heterocycles. The number of nitrogens with one attached hydrogen (secondary N) is 2. The average molecular weight is 1050 g/mol. The van der Waals surface area contributed by atoms with Crippen LogP contribution in [0.2, 0.25) is 0 Å². The van der Waals surface area contributed by atoms with Crippen molar-refractivity contribution >= 4 is 44.1 Å². The number of nitrogens with zero attached hydrogens (tertiary/aromatic N) is 1. The van der Waals surface area contributed by atoms with Crippen molar-refractivity contribution in [1.82, 2.24) is 15.5 Å². The lowest BCUT2D eigenvalue weighted by atomic mass is 9.79. The van der Waals surface area contributed by atoms with Crippen LogP contribution in [0.5, 0.6) is 23.0 Å². The molecule has 9 nitrogen and oxygen atoms in total. The van der Waals surface area contributed by atoms with Crippen LogP contribution in [0.3, 0.4) is 0 Å². The maximum absolute atomic E-state index is 14.2. The van der Waals surface area contributed by atoms with E-state index in [2.05, 4.69) is 197 Å². The quantitative estimate of drug-likeness (QED) is 0.0953. The minimum absolute atomic E-state index is 0.169. The summed E-state index contributed by atoms with van der Waals surface area (Å²) in [6.07, 6.45) is 1.20. The van der Waals surface area contributed by atoms with Crippen LogP contribution in [0, 0.1) is 0 Å². The highest BCUT2D eigenvalue weighted by molar-refractivity contribution is 6.23. The van der Waals surface area contributed by atoms with Crippen molar-refractivity contribution in [2.75, 3.05) is 40.4 Å². The predicted octanol–water partition coefficient (Wildman–Crippen LogP) is 13.6. The van der Waals surface area contributed by atoms with Gasteiger partial charge in [-0.2, -0.15) is 0 Å². The van der Waals surface area contributed by atoms with Crippen molar-refractivity contribution < 1.29 is 29.3 Å². The monoisotopic (exact) mass is 1050 g/mol. The van der Waals surface area contributed by atoms with E-state index in [1.807, 2.05) is 19.0 Å². The SMILES string of the molecule is CN(C)CCNC(=O)COc1c2cc(C(C)(C)C)cc1Cc1cc(C(C)(C)C)cc(c1O)Cc1cc(C(C)(C)C)cc(c1OCC(=O)NCc1ccc3ccc4cccc5ccc1c3c45)Cc1cc(C(C)(C)C)cc(c1O)C2. The van der Waals surface area contributed by atoms with Crippen LogP contribution >= 0.6 is 0 Å². The summed E-state index contributed by atoms with van der Waals surface area (Å²) in [6, 6.07) is 36.4. The average Bonchev–Trinajstić information content (AvgIpc) is 3.36. The number of amides is 2. The second kappa shape index (κ2) is 21.3. The number of benzene rings is 8. The Morgan fingerprint density at radius 3 is 1.21 bits per heavy atom. The second-order valence-electron chi connectivity index (χ2n) is 26.3. The lowest BCUT2D eigenvalue weighted by Gasteiger charge is -2.28. The number of hydrogen-bond donors (Lipinski definition) is 4. The van der Waals surface area contributed by atoms with Gasteiger partial charge in [0.2, 0.25) is 0 Å². The molecule has 0 radical (unpaired) electrons. The van der Waals surface area contributed by atoms with Crippen LogP contribution < -0.4 is 20.1 Å². The number of phenols is 2. The Labute approximate surface area is 462 Å². The van der Waals surface area contributed by atoms with Gasteiger partial charge < -0.3 is 35.2 Å². The third-order valence-corrected chi connectivity index (χ3v) is 15.7. The van der Waals surface area contributed by atoms with E-state index in [0.29, 0.717) is 56.8 Å². The van der Waals surface area contributed by atoms with Crippen molar-refractivity contribution in [3.05, 3.63) is 175 Å². The Morgan fingerprint density at radius 1 is 0.474 bits per heavy atom. The van der Waals surface area contributed by atoms with E-state index in [1.165, 1.54) is 21.5 Å². The Bertz CT molecular complexity index is 3450. The molecule has 8 aromatic carbocycles. The Morgan fingerprint density at radius 2 is 0.821 bits per heavy atom. The largest absolute Gasteiger partial charge is 0.507 e. The molecule has 1 aliphatic rings. The normalized spacial score (nSPS) is 13.4. The molecular weight excluding hydrogens is 967 g/mol. The number of hydrogen-bond acceptors (Lipinski definition) is 7. The minimum atomic E-state index is -0.297. The molecule has 0 spiro atoms. The third kappa shape index (κ3) is 12.0. The molecule has 0 saturated carbocycles. The molecule has 0 unspecified atom stereocenters. The molecular formula is C69H81N3O6. The van der Waals surface area contributed by atoms with Gasteiger partial charge in [-0.05, 0) is 140 Å². The fourth-order valence-electron chi connectivity index (χ4n) is 11.0. The Kier molecular flexibility index (Phi) is 15.2. The molecule has 8 bridgehead atoms. The fraction of sp³-hybridized carbons (Fsp3) is 0.391. The molecule has 4 N–H and O–H groups in total. The van der Waals surface area contributed by atoms with Crippen LogP contribution in [0.25, 0.3) is 32.3 Å². The second-order valence-corrected chi connectivity index (χ2v) is 26.3. The van der Waals surface area contributed by atoms with E-state index in [0.717, 1.165) is 83.1 Å². The first-order valence-electron chi connectivity index (χ1n) is 27.7. The van der Waals surface area contributed by atoms with E-state index in [9.17, 15) is 19.8 Å². The van der Waals surface area contributed by atoms with Crippen LogP contribution in [-0.2, 0) is 63.5 Å². The maximum atomic E-state index is 14.2. The zero-order valence-corrected chi connectivity index (χ0v) is 48.7. The van der Waals surface area contributed by atoms with Gasteiger partial charge >= 0.3 is 0 Å². The summed E-state index contributed by atoms with van der Waals surface area (Å²) in [7, 11) is 3.94. The molecule has 408 valence electrons. The number of carbonyl (C=O) groups excluding carboxylic acids is 2. The first-order valence-corrected chi connectivity index (χ1v) is 27.7. The number of ether oxygens (including phenoxy) is 2. The summed E-state index contributed by atoms with van der Waals surface area (Å²) in [5, 5.41) is 38.8. The van der Waals surface area contributed by atoms with Gasteiger partial charge in [-0.1, -0.05) is 186 Å². The summed E-state index contributed by atoms with van der Waals surface area (Å²) < 4.78 is 13.6. The van der Waals surface area contributed by atoms with Gasteiger partial charge in [0.25, 0.3) is 11.8 Å². The van der Waals surface area contributed by atoms with Gasteiger partial charge in [-0.3, -0.25) is 9.59 Å². The summed E-state index contributed by atoms with van der Waals surface area (Å²) in [5.74, 6) is 0.960. The molecule has 78 heavy (non-hydrogen) atoms. The van der Waals surface area contributed by atoms with Gasteiger partial charge in [-0.15, -0.1) is 0 Å². The summed E-state index contributed by atoms with van der Waals surface area (Å²) >= 11 is 0. The molecule has 9 heteroatoms. The number of phenolic OH excluding ortho intramolecular Hbond substituents is 2. The van der Waals surface area contributed by atoms with Crippen molar-refractivity contribution in [3.63, 3.8) is 0 Å². The lowest BCUT2D eigenvalue weighted by molar-refractivity contribution is -0.123. The molecule has 2 amide bonds. The molecule has 9 rings (SSSR count). The fourth-order valence-corrected chi connectivity index (χ4v) is 11.0. The van der Waals surface area contributed by atoms with Gasteiger partial charge in [0.15, 0.2) is 13.2 Å². The number of likely N-dealkylation sites (N-methyl/N-ethyl adjacent to an activating group) is 1. The highest BCUT2D eigenvalue weighted by Gasteiger charge is 2.29. The zero-order valence-electron chi connectivity index (χ0n) is 48.7. The highest BCUT2D eigenvalue weighted by Crippen LogP contribution is 2.44. The molecule has 0 fully saturated rings. The molecule has 0 aliphatic heterocycles. The zero-order chi connectivity index (χ0) is 56.2. The minimum Gasteiger partial charge on any atom is -0.507 e. The molecule has 0 saturated heterocycles. The smallest absolute Gasteiger partial charge is 0.258 e. The number of fused-ring (bicyclic) bond motifs is 8. The van der Waals surface area contributed by atoms with Crippen LogP contribution in [0.4, 0.5) is 0 Å². The van der Waals surface area contributed by atoms with Crippen molar-refractivity contribution in [2.24, 2.45) is 0 Å². The first-order chi connectivity index (χ1) is 36.6. The summed E-state index contributed by atoms with van der Waals surface area (Å²) in [4.78, 5) is 29.8. The molecule has 8 aromatic rings. The van der Waals surface area contributed by atoms with Gasteiger partial charge in [0, 0.05) is 45.3 Å². The van der Waals surface area contributed by atoms with E-state index < -0.39 is 0 Å². The van der Waals surface area contributed by atoms with Crippen LogP contribution in [0.1, 0.15) is 155 Å². The maximum Gasteiger partial charge on any atom is 0.258 e. The third-order valence-electron chi connectivity index (χ3n) is 15.7. The topological polar surface area (TPSA) is 120 Å². The van der Waals surface area contributed by atoms with E-state index in [-0.39, 0.29) is 58.2 Å². The van der Waals surface area contributed by atoms with Gasteiger partial charge in [0.05, 0.1) is 0 Å². The van der Waals surface area contributed by atoms with Crippen molar-refractivity contribution in [1.29, 1.82) is 0 Å².